The van der Waals surface area contributed by atoms with E-state index in [0.29, 0.717) is 0 Å². The van der Waals surface area contributed by atoms with E-state index in [1.165, 1.54) is 25.2 Å². The molecular weight excluding hydrogens is 354 g/mol. The van der Waals surface area contributed by atoms with Crippen molar-refractivity contribution in [3.05, 3.63) is 108 Å². The number of rotatable bonds is 6. The molecule has 3 aromatic rings. The Morgan fingerprint density at radius 1 is 0.724 bits per heavy atom. The molecule has 2 saturated heterocycles. The van der Waals surface area contributed by atoms with Gasteiger partial charge in [-0.15, -0.1) is 0 Å². The van der Waals surface area contributed by atoms with Gasteiger partial charge in [-0.1, -0.05) is 91.0 Å². The predicted molar refractivity (Wildman–Crippen MR) is 117 cm³/mol. The fraction of sp³-hybridized carbons (Fsp3) is 0.333. The van der Waals surface area contributed by atoms with Crippen molar-refractivity contribution in [2.24, 2.45) is 5.41 Å². The summed E-state index contributed by atoms with van der Waals surface area (Å²) in [5.74, 6) is 0. The highest BCUT2D eigenvalue weighted by atomic mass is 16.3. The number of benzene rings is 3. The number of quaternary nitrogens is 1. The topological polar surface area (TPSA) is 20.2 Å². The van der Waals surface area contributed by atoms with Crippen molar-refractivity contribution in [3.8, 4) is 0 Å². The van der Waals surface area contributed by atoms with Crippen LogP contribution in [-0.2, 0) is 12.0 Å². The maximum absolute atomic E-state index is 12.4. The molecule has 0 aliphatic carbocycles. The highest BCUT2D eigenvalue weighted by molar-refractivity contribution is 5.40. The van der Waals surface area contributed by atoms with Gasteiger partial charge in [-0.2, -0.15) is 0 Å². The Morgan fingerprint density at radius 3 is 1.72 bits per heavy atom. The average Bonchev–Trinajstić information content (AvgIpc) is 3.37. The van der Waals surface area contributed by atoms with Gasteiger partial charge in [-0.05, 0) is 16.7 Å². The minimum absolute atomic E-state index is 0.0909. The van der Waals surface area contributed by atoms with Gasteiger partial charge in [0.2, 0.25) is 0 Å². The first-order valence-corrected chi connectivity index (χ1v) is 10.9. The number of hydrogen-bond acceptors (Lipinski definition) is 1. The molecule has 2 bridgehead atoms. The summed E-state index contributed by atoms with van der Waals surface area (Å²) in [4.78, 5) is 0. The average molecular weight is 385 g/mol. The zero-order valence-electron chi connectivity index (χ0n) is 17.0. The van der Waals surface area contributed by atoms with Crippen molar-refractivity contribution >= 4 is 0 Å². The summed E-state index contributed by atoms with van der Waals surface area (Å²) in [7, 11) is 0. The van der Waals surface area contributed by atoms with Gasteiger partial charge in [0.15, 0.2) is 0 Å². The van der Waals surface area contributed by atoms with Gasteiger partial charge in [-0.3, -0.25) is 0 Å². The van der Waals surface area contributed by atoms with E-state index in [4.69, 9.17) is 0 Å². The Morgan fingerprint density at radius 2 is 1.21 bits per heavy atom. The molecule has 2 nitrogen and oxygen atoms in total. The molecule has 0 radical (unpaired) electrons. The van der Waals surface area contributed by atoms with Crippen molar-refractivity contribution in [1.82, 2.24) is 0 Å². The maximum Gasteiger partial charge on any atom is 0.126 e. The molecule has 3 aromatic carbocycles. The second-order valence-corrected chi connectivity index (χ2v) is 9.13. The lowest BCUT2D eigenvalue weighted by Gasteiger charge is -2.42. The van der Waals surface area contributed by atoms with Crippen molar-refractivity contribution in [1.29, 1.82) is 0 Å². The molecular formula is C27H30NO+. The fourth-order valence-corrected chi connectivity index (χ4v) is 6.03. The van der Waals surface area contributed by atoms with Gasteiger partial charge in [0.1, 0.15) is 5.60 Å². The summed E-state index contributed by atoms with van der Waals surface area (Å²) in [6, 6.07) is 31.6. The van der Waals surface area contributed by atoms with Crippen LogP contribution in [-0.4, -0.2) is 35.8 Å². The van der Waals surface area contributed by atoms with Gasteiger partial charge in [0, 0.05) is 19.3 Å². The van der Waals surface area contributed by atoms with Crippen LogP contribution in [0.5, 0.6) is 0 Å². The Kier molecular flexibility index (Phi) is 4.57. The molecule has 0 saturated carbocycles. The first-order chi connectivity index (χ1) is 14.2. The maximum atomic E-state index is 12.4. The monoisotopic (exact) mass is 384 g/mol. The fourth-order valence-electron chi connectivity index (χ4n) is 6.03. The zero-order chi connectivity index (χ0) is 19.8. The molecule has 1 N–H and O–H groups in total. The third kappa shape index (κ3) is 3.02. The smallest absolute Gasteiger partial charge is 0.126 e. The highest BCUT2D eigenvalue weighted by Gasteiger charge is 2.65. The van der Waals surface area contributed by atoms with E-state index >= 15 is 0 Å². The molecule has 0 spiro atoms. The third-order valence-corrected chi connectivity index (χ3v) is 7.64. The summed E-state index contributed by atoms with van der Waals surface area (Å²) < 4.78 is 1.15. The number of nitrogens with zero attached hydrogens (tertiary/aromatic N) is 1. The van der Waals surface area contributed by atoms with E-state index in [9.17, 15) is 5.11 Å². The molecule has 2 aliphatic heterocycles. The first-order valence-electron chi connectivity index (χ1n) is 10.9. The molecule has 2 aliphatic rings. The number of piperidine rings is 1. The van der Waals surface area contributed by atoms with Gasteiger partial charge in [0.05, 0.1) is 31.6 Å². The van der Waals surface area contributed by atoms with E-state index in [2.05, 4.69) is 78.9 Å². The van der Waals surface area contributed by atoms with Crippen LogP contribution < -0.4 is 0 Å². The lowest BCUT2D eigenvalue weighted by molar-refractivity contribution is -0.909. The van der Waals surface area contributed by atoms with Gasteiger partial charge in [-0.25, -0.2) is 0 Å². The summed E-state index contributed by atoms with van der Waals surface area (Å²) in [6.07, 6.45) is 3.29. The Labute approximate surface area is 174 Å². The second-order valence-electron chi connectivity index (χ2n) is 9.13. The quantitative estimate of drug-likeness (QED) is 0.607. The molecule has 0 aromatic heterocycles. The van der Waals surface area contributed by atoms with Crippen LogP contribution in [0.4, 0.5) is 0 Å². The van der Waals surface area contributed by atoms with E-state index in [-0.39, 0.29) is 5.41 Å². The van der Waals surface area contributed by atoms with Gasteiger partial charge in [0.25, 0.3) is 0 Å². The molecule has 148 valence electrons. The van der Waals surface area contributed by atoms with E-state index in [0.717, 1.165) is 41.4 Å². The Bertz CT molecular complexity index is 904. The van der Waals surface area contributed by atoms with Crippen molar-refractivity contribution in [2.45, 2.75) is 24.9 Å². The summed E-state index contributed by atoms with van der Waals surface area (Å²) in [5.41, 5.74) is 2.48. The molecule has 2 heteroatoms. The van der Waals surface area contributed by atoms with E-state index in [1.54, 1.807) is 0 Å². The molecule has 0 amide bonds. The minimum atomic E-state index is -0.932. The zero-order valence-corrected chi connectivity index (χ0v) is 17.0. The molecule has 0 unspecified atom stereocenters. The van der Waals surface area contributed by atoms with Crippen LogP contribution in [0.2, 0.25) is 0 Å². The van der Waals surface area contributed by atoms with Gasteiger partial charge < -0.3 is 9.59 Å². The molecule has 2 heterocycles. The van der Waals surface area contributed by atoms with Crippen LogP contribution in [0.1, 0.15) is 29.5 Å². The minimum Gasteiger partial charge on any atom is -0.380 e. The van der Waals surface area contributed by atoms with Crippen LogP contribution in [0.25, 0.3) is 0 Å². The molecule has 5 rings (SSSR count). The number of aliphatic hydroxyl groups is 1. The number of hydrogen-bond donors (Lipinski definition) is 1. The Hall–Kier alpha value is -2.42. The van der Waals surface area contributed by atoms with Crippen molar-refractivity contribution in [2.75, 3.05) is 26.2 Å². The Balaban J connectivity index is 1.48. The lowest BCUT2D eigenvalue weighted by Crippen LogP contribution is -2.47. The van der Waals surface area contributed by atoms with Crippen LogP contribution in [0, 0.1) is 5.41 Å². The molecule has 0 atom stereocenters. The second kappa shape index (κ2) is 7.12. The summed E-state index contributed by atoms with van der Waals surface area (Å²) >= 11 is 0. The highest BCUT2D eigenvalue weighted by Crippen LogP contribution is 2.58. The van der Waals surface area contributed by atoms with E-state index < -0.39 is 5.60 Å². The largest absolute Gasteiger partial charge is 0.380 e. The summed E-state index contributed by atoms with van der Waals surface area (Å²) in [6.45, 7) is 4.59. The van der Waals surface area contributed by atoms with Crippen LogP contribution >= 0.6 is 0 Å². The van der Waals surface area contributed by atoms with E-state index in [1.807, 2.05) is 12.1 Å². The normalized spacial score (nSPS) is 26.0. The van der Waals surface area contributed by atoms with Crippen molar-refractivity contribution in [3.63, 3.8) is 0 Å². The third-order valence-electron chi connectivity index (χ3n) is 7.64. The van der Waals surface area contributed by atoms with Crippen LogP contribution in [0.3, 0.4) is 0 Å². The predicted octanol–water partition coefficient (Wildman–Crippen LogP) is 4.78. The van der Waals surface area contributed by atoms with Crippen LogP contribution in [0.15, 0.2) is 91.0 Å². The number of fused-ring (bicyclic) bond motifs is 2. The SMILES string of the molecule is OC(c1ccccc1)(c1ccccc1)C12CC[N+](CCc3ccccc3)(CC1)C2. The first kappa shape index (κ1) is 18.6. The lowest BCUT2D eigenvalue weighted by atomic mass is 9.63. The van der Waals surface area contributed by atoms with Crippen molar-refractivity contribution < 1.29 is 9.59 Å². The molecule has 2 fully saturated rings. The molecule has 29 heavy (non-hydrogen) atoms. The van der Waals surface area contributed by atoms with Gasteiger partial charge >= 0.3 is 0 Å². The standard InChI is InChI=1S/C27H30NO/c29-27(24-12-6-2-7-13-24,25-14-8-3-9-15-25)26-17-20-28(22-26,21-18-26)19-16-23-10-4-1-5-11-23/h1-15,29H,16-22H2/q+1. The summed E-state index contributed by atoms with van der Waals surface area (Å²) in [5, 5.41) is 12.4.